The molecule has 1 atom stereocenters. The second-order valence-corrected chi connectivity index (χ2v) is 5.64. The van der Waals surface area contributed by atoms with Crippen molar-refractivity contribution in [2.75, 3.05) is 0 Å². The molecule has 3 aromatic rings. The minimum Gasteiger partial charge on any atom is -0.320 e. The molecule has 1 aromatic heterocycles. The summed E-state index contributed by atoms with van der Waals surface area (Å²) < 4.78 is 0. The molecule has 21 heavy (non-hydrogen) atoms. The second kappa shape index (κ2) is 5.30. The monoisotopic (exact) mass is 276 g/mol. The third-order valence-electron chi connectivity index (χ3n) is 4.19. The smallest absolute Gasteiger partial charge is 0.0708 e. The summed E-state index contributed by atoms with van der Waals surface area (Å²) in [6.45, 7) is 6.29. The number of nitrogens with two attached hydrogens (primary N) is 1. The number of pyridine rings is 1. The maximum atomic E-state index is 6.59. The maximum Gasteiger partial charge on any atom is 0.0708 e. The average molecular weight is 276 g/mol. The van der Waals surface area contributed by atoms with Gasteiger partial charge in [-0.25, -0.2) is 0 Å². The zero-order valence-corrected chi connectivity index (χ0v) is 12.7. The van der Waals surface area contributed by atoms with E-state index in [0.29, 0.717) is 0 Å². The van der Waals surface area contributed by atoms with Crippen LogP contribution in [0.15, 0.2) is 48.5 Å². The number of aryl methyl sites for hydroxylation is 2. The summed E-state index contributed by atoms with van der Waals surface area (Å²) in [5.41, 5.74) is 13.5. The number of benzene rings is 2. The fourth-order valence-electron chi connectivity index (χ4n) is 2.88. The van der Waals surface area contributed by atoms with Gasteiger partial charge < -0.3 is 5.73 Å². The van der Waals surface area contributed by atoms with Crippen LogP contribution in [0.5, 0.6) is 0 Å². The molecule has 0 amide bonds. The molecule has 3 rings (SSSR count). The molecule has 0 saturated carbocycles. The average Bonchev–Trinajstić information content (AvgIpc) is 2.48. The van der Waals surface area contributed by atoms with Crippen LogP contribution in [0.1, 0.15) is 34.0 Å². The third kappa shape index (κ3) is 2.43. The number of rotatable bonds is 2. The van der Waals surface area contributed by atoms with Gasteiger partial charge in [0.05, 0.1) is 11.6 Å². The first-order valence-corrected chi connectivity index (χ1v) is 7.26. The van der Waals surface area contributed by atoms with Crippen LogP contribution in [0.4, 0.5) is 0 Å². The van der Waals surface area contributed by atoms with Crippen LogP contribution in [0.3, 0.4) is 0 Å². The molecule has 0 aliphatic heterocycles. The van der Waals surface area contributed by atoms with Crippen LogP contribution in [-0.4, -0.2) is 4.98 Å². The summed E-state index contributed by atoms with van der Waals surface area (Å²) in [5.74, 6) is 0. The van der Waals surface area contributed by atoms with Crippen LogP contribution < -0.4 is 5.73 Å². The van der Waals surface area contributed by atoms with Crippen LogP contribution in [-0.2, 0) is 0 Å². The topological polar surface area (TPSA) is 38.9 Å². The van der Waals surface area contributed by atoms with E-state index in [-0.39, 0.29) is 6.04 Å². The largest absolute Gasteiger partial charge is 0.320 e. The molecular weight excluding hydrogens is 256 g/mol. The molecule has 0 radical (unpaired) electrons. The van der Waals surface area contributed by atoms with E-state index >= 15 is 0 Å². The van der Waals surface area contributed by atoms with Crippen LogP contribution in [0.2, 0.25) is 0 Å². The lowest BCUT2D eigenvalue weighted by Gasteiger charge is -2.19. The fourth-order valence-corrected chi connectivity index (χ4v) is 2.88. The lowest BCUT2D eigenvalue weighted by molar-refractivity contribution is 0.863. The number of para-hydroxylation sites is 1. The molecule has 2 nitrogen and oxygen atoms in total. The lowest BCUT2D eigenvalue weighted by Crippen LogP contribution is -2.14. The van der Waals surface area contributed by atoms with Gasteiger partial charge in [-0.15, -0.1) is 0 Å². The molecule has 0 aliphatic carbocycles. The van der Waals surface area contributed by atoms with Crippen molar-refractivity contribution in [3.63, 3.8) is 0 Å². The highest BCUT2D eigenvalue weighted by Crippen LogP contribution is 2.29. The molecule has 0 fully saturated rings. The quantitative estimate of drug-likeness (QED) is 0.761. The van der Waals surface area contributed by atoms with Crippen molar-refractivity contribution >= 4 is 10.9 Å². The molecule has 2 N–H and O–H groups in total. The van der Waals surface area contributed by atoms with Gasteiger partial charge in [-0.2, -0.15) is 0 Å². The molecule has 0 aliphatic rings. The lowest BCUT2D eigenvalue weighted by atomic mass is 9.91. The molecule has 0 saturated heterocycles. The first-order valence-electron chi connectivity index (χ1n) is 7.26. The van der Waals surface area contributed by atoms with E-state index in [0.717, 1.165) is 22.2 Å². The minimum absolute atomic E-state index is 0.128. The Labute approximate surface area is 125 Å². The Balaban J connectivity index is 2.22. The zero-order valence-electron chi connectivity index (χ0n) is 12.7. The SMILES string of the molecule is Cc1cc(C(N)c2cccc(C)c2C)c2ccccc2n1. The Morgan fingerprint density at radius 2 is 1.67 bits per heavy atom. The summed E-state index contributed by atoms with van der Waals surface area (Å²) >= 11 is 0. The maximum absolute atomic E-state index is 6.59. The van der Waals surface area contributed by atoms with Gasteiger partial charge in [0.1, 0.15) is 0 Å². The molecule has 0 spiro atoms. The van der Waals surface area contributed by atoms with Gasteiger partial charge in [-0.1, -0.05) is 36.4 Å². The summed E-state index contributed by atoms with van der Waals surface area (Å²) in [4.78, 5) is 4.60. The van der Waals surface area contributed by atoms with E-state index in [2.05, 4.69) is 49.2 Å². The number of fused-ring (bicyclic) bond motifs is 1. The number of hydrogen-bond donors (Lipinski definition) is 1. The van der Waals surface area contributed by atoms with Gasteiger partial charge in [-0.05, 0) is 55.2 Å². The van der Waals surface area contributed by atoms with Crippen LogP contribution in [0, 0.1) is 20.8 Å². The molecule has 1 unspecified atom stereocenters. The van der Waals surface area contributed by atoms with E-state index < -0.39 is 0 Å². The van der Waals surface area contributed by atoms with Gasteiger partial charge in [0.2, 0.25) is 0 Å². The molecule has 2 heteroatoms. The predicted octanol–water partition coefficient (Wildman–Crippen LogP) is 4.21. The fraction of sp³-hybridized carbons (Fsp3) is 0.211. The normalized spacial score (nSPS) is 12.6. The minimum atomic E-state index is -0.128. The van der Waals surface area contributed by atoms with E-state index in [4.69, 9.17) is 5.73 Å². The van der Waals surface area contributed by atoms with E-state index in [9.17, 15) is 0 Å². The summed E-state index contributed by atoms with van der Waals surface area (Å²) in [5, 5.41) is 1.14. The van der Waals surface area contributed by atoms with Crippen molar-refractivity contribution in [1.29, 1.82) is 0 Å². The summed E-state index contributed by atoms with van der Waals surface area (Å²) in [6.07, 6.45) is 0. The van der Waals surface area contributed by atoms with E-state index in [1.165, 1.54) is 16.7 Å². The molecule has 2 aromatic carbocycles. The van der Waals surface area contributed by atoms with Crippen LogP contribution in [0.25, 0.3) is 10.9 Å². The van der Waals surface area contributed by atoms with Crippen molar-refractivity contribution in [2.24, 2.45) is 5.73 Å². The van der Waals surface area contributed by atoms with Crippen molar-refractivity contribution in [1.82, 2.24) is 4.98 Å². The molecule has 1 heterocycles. The van der Waals surface area contributed by atoms with Crippen LogP contribution >= 0.6 is 0 Å². The Hall–Kier alpha value is -2.19. The molecular formula is C19H20N2. The van der Waals surface area contributed by atoms with E-state index in [1.807, 2.05) is 25.1 Å². The summed E-state index contributed by atoms with van der Waals surface area (Å²) in [7, 11) is 0. The third-order valence-corrected chi connectivity index (χ3v) is 4.19. The first-order chi connectivity index (χ1) is 10.1. The van der Waals surface area contributed by atoms with Crippen molar-refractivity contribution in [3.8, 4) is 0 Å². The van der Waals surface area contributed by atoms with Gasteiger partial charge in [0.15, 0.2) is 0 Å². The van der Waals surface area contributed by atoms with Gasteiger partial charge in [-0.3, -0.25) is 4.98 Å². The number of aromatic nitrogens is 1. The van der Waals surface area contributed by atoms with Gasteiger partial charge in [0, 0.05) is 11.1 Å². The zero-order chi connectivity index (χ0) is 15.0. The summed E-state index contributed by atoms with van der Waals surface area (Å²) in [6, 6.07) is 16.5. The number of nitrogens with zero attached hydrogens (tertiary/aromatic N) is 1. The predicted molar refractivity (Wildman–Crippen MR) is 88.4 cm³/mol. The Morgan fingerprint density at radius 3 is 2.48 bits per heavy atom. The second-order valence-electron chi connectivity index (χ2n) is 5.64. The van der Waals surface area contributed by atoms with Crippen molar-refractivity contribution in [3.05, 3.63) is 76.5 Å². The highest BCUT2D eigenvalue weighted by atomic mass is 14.7. The van der Waals surface area contributed by atoms with Crippen molar-refractivity contribution in [2.45, 2.75) is 26.8 Å². The highest BCUT2D eigenvalue weighted by Gasteiger charge is 2.16. The molecule has 106 valence electrons. The van der Waals surface area contributed by atoms with Gasteiger partial charge in [0.25, 0.3) is 0 Å². The van der Waals surface area contributed by atoms with E-state index in [1.54, 1.807) is 0 Å². The Bertz CT molecular complexity index is 806. The van der Waals surface area contributed by atoms with Crippen molar-refractivity contribution < 1.29 is 0 Å². The first kappa shape index (κ1) is 13.8. The number of hydrogen-bond acceptors (Lipinski definition) is 2. The standard InChI is InChI=1S/C19H20N2/c1-12-7-6-9-15(14(12)3)19(20)17-11-13(2)21-18-10-5-4-8-16(17)18/h4-11,19H,20H2,1-3H3. The Morgan fingerprint density at radius 1 is 0.905 bits per heavy atom. The Kier molecular flexibility index (Phi) is 3.48. The molecule has 0 bridgehead atoms. The van der Waals surface area contributed by atoms with Gasteiger partial charge >= 0.3 is 0 Å². The highest BCUT2D eigenvalue weighted by molar-refractivity contribution is 5.83.